The number of carbonyl (C=O) groups is 4. The monoisotopic (exact) mass is 744 g/mol. The summed E-state index contributed by atoms with van der Waals surface area (Å²) in [6.45, 7) is 12.1. The van der Waals surface area contributed by atoms with Crippen LogP contribution in [0.3, 0.4) is 0 Å². The highest BCUT2D eigenvalue weighted by atomic mass is 16.4. The normalized spacial score (nSPS) is 28.6. The maximum atomic E-state index is 13.3. The van der Waals surface area contributed by atoms with Crippen LogP contribution in [0.25, 0.3) is 0 Å². The first-order chi connectivity index (χ1) is 25.0. The van der Waals surface area contributed by atoms with E-state index >= 15 is 0 Å². The van der Waals surface area contributed by atoms with Crippen LogP contribution in [0, 0.1) is 17.3 Å². The molecule has 0 aliphatic heterocycles. The molecular formula is C42H52N2O10. The third-order valence-corrected chi connectivity index (χ3v) is 11.1. The molecule has 0 saturated heterocycles. The standard InChI is InChI=1S/C22H24N2O8.C20H28O2/c1-21(31)8-5-4-6-11(25)12(8)16(26)13-9(21)7-10-15(24(2)3)17(27)14(20(23)30)19(29)22(10,32)18(13)28;1-15(8-6-9-16(2)14-19(21)22)11-12-18-17(3)10-7-13-20(18,4)5/h4-6,9-10,15,25,27-28,31-32H,7H2,1-3H3,(H2,23,30);6,8-9,11-12,14H,7,10,13H2,1-5H3,(H,21,22)/b;9-6+,12-11+,15-8+,16-14-/t9-,10-,15-,21+,22-;/m0./s1. The van der Waals surface area contributed by atoms with Crippen LogP contribution in [0.4, 0.5) is 0 Å². The molecule has 0 radical (unpaired) electrons. The minimum atomic E-state index is -2.75. The second-order valence-electron chi connectivity index (χ2n) is 15.7. The van der Waals surface area contributed by atoms with Gasteiger partial charge in [-0.2, -0.15) is 0 Å². The molecule has 12 nitrogen and oxygen atoms in total. The van der Waals surface area contributed by atoms with Gasteiger partial charge < -0.3 is 36.4 Å². The predicted molar refractivity (Wildman–Crippen MR) is 203 cm³/mol. The van der Waals surface area contributed by atoms with Gasteiger partial charge in [0.05, 0.1) is 17.2 Å². The van der Waals surface area contributed by atoms with E-state index < -0.39 is 80.9 Å². The van der Waals surface area contributed by atoms with Crippen molar-refractivity contribution in [1.82, 2.24) is 4.90 Å². The SMILES string of the molecule is CC1=C(/C=C/C(C)=C/C=C/C(C)=C\C(=O)O)C(C)(C)CCC1.CN(C)[C@@H]1C(O)=C(C(N)=O)C(=O)[C@@]2(O)C(O)=C3C(=O)c4c(O)cccc4[C@@](C)(O)[C@H]3C[C@@H]12. The summed E-state index contributed by atoms with van der Waals surface area (Å²) in [5.41, 5.74) is 4.44. The van der Waals surface area contributed by atoms with Gasteiger partial charge >= 0.3 is 5.97 Å². The summed E-state index contributed by atoms with van der Waals surface area (Å²) in [6.07, 6.45) is 14.8. The summed E-state index contributed by atoms with van der Waals surface area (Å²) in [4.78, 5) is 50.4. The van der Waals surface area contributed by atoms with Crippen molar-refractivity contribution in [2.75, 3.05) is 14.1 Å². The molecule has 0 fully saturated rings. The van der Waals surface area contributed by atoms with E-state index in [0.29, 0.717) is 0 Å². The van der Waals surface area contributed by atoms with Crippen molar-refractivity contribution in [1.29, 1.82) is 0 Å². The second-order valence-corrected chi connectivity index (χ2v) is 15.7. The number of aliphatic hydroxyl groups is 4. The van der Waals surface area contributed by atoms with Gasteiger partial charge in [-0.25, -0.2) is 4.79 Å². The van der Waals surface area contributed by atoms with E-state index in [1.54, 1.807) is 13.0 Å². The highest BCUT2D eigenvalue weighted by Gasteiger charge is 2.65. The van der Waals surface area contributed by atoms with Gasteiger partial charge in [0.15, 0.2) is 11.4 Å². The number of carboxylic acid groups (broad SMARTS) is 1. The van der Waals surface area contributed by atoms with Gasteiger partial charge in [0.1, 0.15) is 22.8 Å². The van der Waals surface area contributed by atoms with Crippen molar-refractivity contribution < 1.29 is 49.8 Å². The highest BCUT2D eigenvalue weighted by molar-refractivity contribution is 6.24. The van der Waals surface area contributed by atoms with Gasteiger partial charge in [-0.3, -0.25) is 19.3 Å². The fraction of sp³-hybridized carbons (Fsp3) is 0.429. The lowest BCUT2D eigenvalue weighted by Crippen LogP contribution is -2.65. The number of rotatable bonds is 7. The van der Waals surface area contributed by atoms with Crippen LogP contribution in [-0.4, -0.2) is 84.7 Å². The fourth-order valence-corrected chi connectivity index (χ4v) is 8.38. The molecule has 8 N–H and O–H groups in total. The van der Waals surface area contributed by atoms with E-state index in [4.69, 9.17) is 10.8 Å². The third-order valence-electron chi connectivity index (χ3n) is 11.1. The summed E-state index contributed by atoms with van der Waals surface area (Å²) in [6, 6.07) is 3.05. The minimum Gasteiger partial charge on any atom is -0.510 e. The Balaban J connectivity index is 0.000000260. The van der Waals surface area contributed by atoms with Crippen molar-refractivity contribution in [3.8, 4) is 5.75 Å². The summed E-state index contributed by atoms with van der Waals surface area (Å²) < 4.78 is 0. The Hall–Kier alpha value is -5.04. The Morgan fingerprint density at radius 3 is 2.22 bits per heavy atom. The number of aliphatic carboxylic acids is 1. The number of nitrogens with zero attached hydrogens (tertiary/aromatic N) is 1. The van der Waals surface area contributed by atoms with Gasteiger partial charge in [-0.1, -0.05) is 67.5 Å². The highest BCUT2D eigenvalue weighted by Crippen LogP contribution is 2.56. The Labute approximate surface area is 315 Å². The van der Waals surface area contributed by atoms with Crippen LogP contribution in [-0.2, 0) is 20.0 Å². The molecule has 1 aromatic carbocycles. The Morgan fingerprint density at radius 1 is 1.00 bits per heavy atom. The first kappa shape index (κ1) is 41.7. The topological polar surface area (TPSA) is 219 Å². The number of phenols is 1. The van der Waals surface area contributed by atoms with Gasteiger partial charge in [0, 0.05) is 23.5 Å². The third kappa shape index (κ3) is 7.51. The van der Waals surface area contributed by atoms with Gasteiger partial charge in [0.25, 0.3) is 5.91 Å². The van der Waals surface area contributed by atoms with E-state index in [-0.39, 0.29) is 23.0 Å². The molecule has 4 aliphatic carbocycles. The van der Waals surface area contributed by atoms with Gasteiger partial charge in [0.2, 0.25) is 5.78 Å². The number of primary amides is 1. The lowest BCUT2D eigenvalue weighted by atomic mass is 9.55. The van der Waals surface area contributed by atoms with Crippen molar-refractivity contribution in [2.24, 2.45) is 23.0 Å². The number of hydrogen-bond acceptors (Lipinski definition) is 10. The van der Waals surface area contributed by atoms with Crippen LogP contribution in [0.5, 0.6) is 5.75 Å². The van der Waals surface area contributed by atoms with E-state index in [1.165, 1.54) is 80.6 Å². The number of phenolic OH excluding ortho intramolecular Hbond substituents is 1. The molecule has 0 saturated carbocycles. The number of aromatic hydroxyl groups is 1. The Morgan fingerprint density at radius 2 is 1.65 bits per heavy atom. The second kappa shape index (κ2) is 15.4. The summed E-state index contributed by atoms with van der Waals surface area (Å²) >= 11 is 0. The van der Waals surface area contributed by atoms with Crippen LogP contribution < -0.4 is 5.73 Å². The van der Waals surface area contributed by atoms with Crippen LogP contribution in [0.2, 0.25) is 0 Å². The number of carbonyl (C=O) groups excluding carboxylic acids is 3. The molecule has 5 atom stereocenters. The number of fused-ring (bicyclic) bond motifs is 3. The fourth-order valence-electron chi connectivity index (χ4n) is 8.38. The molecule has 12 heteroatoms. The molecule has 5 rings (SSSR count). The van der Waals surface area contributed by atoms with E-state index in [2.05, 4.69) is 39.8 Å². The number of carboxylic acids is 1. The van der Waals surface area contributed by atoms with Crippen LogP contribution >= 0.6 is 0 Å². The van der Waals surface area contributed by atoms with Crippen molar-refractivity contribution >= 4 is 23.4 Å². The molecule has 0 unspecified atom stereocenters. The number of ketones is 2. The quantitative estimate of drug-likeness (QED) is 0.107. The molecule has 0 spiro atoms. The molecule has 290 valence electrons. The Bertz CT molecular complexity index is 1990. The summed E-state index contributed by atoms with van der Waals surface area (Å²) in [7, 11) is 3.06. The van der Waals surface area contributed by atoms with Gasteiger partial charge in [-0.15, -0.1) is 0 Å². The molecule has 4 aliphatic rings. The number of Topliss-reactive ketones (excluding diaryl/α,β-unsaturated/α-hetero) is 2. The number of nitrogens with two attached hydrogens (primary N) is 1. The van der Waals surface area contributed by atoms with Crippen molar-refractivity contribution in [3.05, 3.63) is 111 Å². The zero-order chi connectivity index (χ0) is 40.7. The maximum Gasteiger partial charge on any atom is 0.328 e. The van der Waals surface area contributed by atoms with E-state index in [9.17, 15) is 44.7 Å². The molecule has 0 aromatic heterocycles. The molecule has 54 heavy (non-hydrogen) atoms. The number of benzene rings is 1. The first-order valence-corrected chi connectivity index (χ1v) is 17.8. The molecule has 0 bridgehead atoms. The lowest BCUT2D eigenvalue weighted by molar-refractivity contribution is -0.152. The zero-order valence-corrected chi connectivity index (χ0v) is 32.1. The average Bonchev–Trinajstić information content (AvgIpc) is 3.04. The molecule has 1 amide bonds. The van der Waals surface area contributed by atoms with Crippen molar-refractivity contribution in [3.63, 3.8) is 0 Å². The first-order valence-electron chi connectivity index (χ1n) is 17.8. The number of hydrogen-bond donors (Lipinski definition) is 7. The summed E-state index contributed by atoms with van der Waals surface area (Å²) in [5.74, 6) is -8.80. The average molecular weight is 745 g/mol. The summed E-state index contributed by atoms with van der Waals surface area (Å²) in [5, 5.41) is 63.7. The maximum absolute atomic E-state index is 13.3. The predicted octanol–water partition coefficient (Wildman–Crippen LogP) is 5.39. The van der Waals surface area contributed by atoms with E-state index in [0.717, 1.165) is 11.1 Å². The number of likely N-dealkylation sites (N-methyl/N-ethyl adjacent to an activating group) is 1. The van der Waals surface area contributed by atoms with Crippen LogP contribution in [0.15, 0.2) is 99.6 Å². The zero-order valence-electron chi connectivity index (χ0n) is 32.1. The van der Waals surface area contributed by atoms with E-state index in [1.807, 2.05) is 12.2 Å². The van der Waals surface area contributed by atoms with Gasteiger partial charge in [-0.05, 0) is 95.7 Å². The number of allylic oxidation sites excluding steroid dienone is 9. The molecular weight excluding hydrogens is 692 g/mol. The van der Waals surface area contributed by atoms with Crippen LogP contribution in [0.1, 0.15) is 83.1 Å². The smallest absolute Gasteiger partial charge is 0.328 e. The Kier molecular flexibility index (Phi) is 11.9. The number of aliphatic hydroxyl groups excluding tert-OH is 2. The minimum absolute atomic E-state index is 0.135. The number of amides is 1. The molecule has 1 aromatic rings. The largest absolute Gasteiger partial charge is 0.510 e. The lowest BCUT2D eigenvalue weighted by Gasteiger charge is -2.52. The molecule has 0 heterocycles. The van der Waals surface area contributed by atoms with Crippen molar-refractivity contribution in [2.45, 2.75) is 84.5 Å².